The highest BCUT2D eigenvalue weighted by atomic mass is 32.2. The molecule has 1 aromatic heterocycles. The molecular weight excluding hydrogens is 296 g/mol. The van der Waals surface area contributed by atoms with E-state index in [2.05, 4.69) is 12.2 Å². The Kier molecular flexibility index (Phi) is 4.36. The summed E-state index contributed by atoms with van der Waals surface area (Å²) in [7, 11) is -3.56. The lowest BCUT2D eigenvalue weighted by atomic mass is 10.3. The van der Waals surface area contributed by atoms with Crippen LogP contribution >= 0.6 is 0 Å². The van der Waals surface area contributed by atoms with Gasteiger partial charge in [0.15, 0.2) is 5.76 Å². The van der Waals surface area contributed by atoms with Crippen LogP contribution in [0.25, 0.3) is 0 Å². The number of amides is 2. The highest BCUT2D eigenvalue weighted by Gasteiger charge is 2.36. The summed E-state index contributed by atoms with van der Waals surface area (Å²) in [5.74, 6) is 0.917. The Morgan fingerprint density at radius 2 is 2.05 bits per heavy atom. The molecule has 0 aromatic carbocycles. The van der Waals surface area contributed by atoms with Crippen LogP contribution in [0.2, 0.25) is 0 Å². The van der Waals surface area contributed by atoms with Gasteiger partial charge in [-0.2, -0.15) is 0 Å². The summed E-state index contributed by atoms with van der Waals surface area (Å²) in [6.45, 7) is 2.16. The summed E-state index contributed by atoms with van der Waals surface area (Å²) in [6, 6.07) is 3.39. The van der Waals surface area contributed by atoms with Crippen LogP contribution in [0.15, 0.2) is 16.5 Å². The van der Waals surface area contributed by atoms with Gasteiger partial charge in [-0.05, 0) is 24.5 Å². The van der Waals surface area contributed by atoms with E-state index in [0.717, 1.165) is 18.4 Å². The number of hydrogen-bond donors (Lipinski definition) is 2. The van der Waals surface area contributed by atoms with Crippen molar-refractivity contribution in [3.8, 4) is 0 Å². The van der Waals surface area contributed by atoms with E-state index in [0.29, 0.717) is 11.8 Å². The van der Waals surface area contributed by atoms with Gasteiger partial charge in [0.05, 0.1) is 6.26 Å². The summed E-state index contributed by atoms with van der Waals surface area (Å²) >= 11 is 0. The fourth-order valence-electron chi connectivity index (χ4n) is 2.03. The van der Waals surface area contributed by atoms with Gasteiger partial charge >= 0.3 is 0 Å². The van der Waals surface area contributed by atoms with Crippen LogP contribution in [-0.2, 0) is 14.8 Å². The monoisotopic (exact) mass is 314 g/mol. The van der Waals surface area contributed by atoms with Crippen LogP contribution in [0.1, 0.15) is 42.0 Å². The standard InChI is InChI=1S/C13H18N2O5S/c1-8-7-9(8)10-3-4-11(20-10)13(17)14-6-5-12(16)15-21(2,18)19/h3-4,8-9H,5-7H2,1-2H3,(H,14,17)(H,15,16)/t8-,9+/m0/s1. The molecule has 2 amide bonds. The average Bonchev–Trinajstić information content (AvgIpc) is 2.89. The first kappa shape index (κ1) is 15.6. The van der Waals surface area contributed by atoms with Gasteiger partial charge in [-0.15, -0.1) is 0 Å². The van der Waals surface area contributed by atoms with E-state index >= 15 is 0 Å². The van der Waals surface area contributed by atoms with Crippen LogP contribution in [-0.4, -0.2) is 33.0 Å². The molecule has 1 aromatic rings. The first-order valence-electron chi connectivity index (χ1n) is 6.65. The first-order valence-corrected chi connectivity index (χ1v) is 8.54. The molecule has 2 N–H and O–H groups in total. The van der Waals surface area contributed by atoms with Crippen molar-refractivity contribution in [2.24, 2.45) is 5.92 Å². The van der Waals surface area contributed by atoms with Crippen molar-refractivity contribution in [2.75, 3.05) is 12.8 Å². The zero-order valence-electron chi connectivity index (χ0n) is 11.9. The van der Waals surface area contributed by atoms with E-state index in [-0.39, 0.29) is 18.7 Å². The van der Waals surface area contributed by atoms with Gasteiger partial charge in [0.25, 0.3) is 5.91 Å². The van der Waals surface area contributed by atoms with Crippen molar-refractivity contribution in [1.29, 1.82) is 0 Å². The number of rotatable bonds is 6. The minimum atomic E-state index is -3.56. The maximum atomic E-state index is 11.8. The van der Waals surface area contributed by atoms with E-state index in [1.165, 1.54) is 0 Å². The molecule has 2 rings (SSSR count). The summed E-state index contributed by atoms with van der Waals surface area (Å²) in [5.41, 5.74) is 0. The highest BCUT2D eigenvalue weighted by Crippen LogP contribution is 2.47. The molecule has 1 aliphatic carbocycles. The van der Waals surface area contributed by atoms with Gasteiger partial charge in [0, 0.05) is 18.9 Å². The molecule has 116 valence electrons. The van der Waals surface area contributed by atoms with E-state index in [1.807, 2.05) is 4.72 Å². The molecule has 1 saturated carbocycles. The second kappa shape index (κ2) is 5.88. The Hall–Kier alpha value is -1.83. The highest BCUT2D eigenvalue weighted by molar-refractivity contribution is 7.89. The molecular formula is C13H18N2O5S. The Bertz CT molecular complexity index is 649. The van der Waals surface area contributed by atoms with Gasteiger partial charge in [0.1, 0.15) is 5.76 Å². The normalized spacial score (nSPS) is 20.9. The number of nitrogens with one attached hydrogen (secondary N) is 2. The van der Waals surface area contributed by atoms with Gasteiger partial charge in [-0.1, -0.05) is 6.92 Å². The second-order valence-electron chi connectivity index (χ2n) is 5.32. The summed E-state index contributed by atoms with van der Waals surface area (Å²) in [6.07, 6.45) is 1.85. The molecule has 0 bridgehead atoms. The maximum absolute atomic E-state index is 11.8. The lowest BCUT2D eigenvalue weighted by Crippen LogP contribution is -2.33. The summed E-state index contributed by atoms with van der Waals surface area (Å²) in [4.78, 5) is 23.0. The van der Waals surface area contributed by atoms with Crippen molar-refractivity contribution in [3.05, 3.63) is 23.7 Å². The van der Waals surface area contributed by atoms with Crippen molar-refractivity contribution >= 4 is 21.8 Å². The average molecular weight is 314 g/mol. The van der Waals surface area contributed by atoms with Crippen LogP contribution in [0.3, 0.4) is 0 Å². The minimum absolute atomic E-state index is 0.0377. The second-order valence-corrected chi connectivity index (χ2v) is 7.07. The fourth-order valence-corrected chi connectivity index (χ4v) is 2.54. The molecule has 21 heavy (non-hydrogen) atoms. The number of hydrogen-bond acceptors (Lipinski definition) is 5. The Balaban J connectivity index is 1.77. The van der Waals surface area contributed by atoms with Crippen LogP contribution in [0, 0.1) is 5.92 Å². The van der Waals surface area contributed by atoms with Crippen LogP contribution in [0.5, 0.6) is 0 Å². The third kappa shape index (κ3) is 4.59. The lowest BCUT2D eigenvalue weighted by Gasteiger charge is -2.04. The minimum Gasteiger partial charge on any atom is -0.456 e. The van der Waals surface area contributed by atoms with Gasteiger partial charge < -0.3 is 9.73 Å². The van der Waals surface area contributed by atoms with Crippen molar-refractivity contribution < 1.29 is 22.4 Å². The zero-order valence-corrected chi connectivity index (χ0v) is 12.7. The third-order valence-corrected chi connectivity index (χ3v) is 3.86. The predicted octanol–water partition coefficient (Wildman–Crippen LogP) is 0.599. The predicted molar refractivity (Wildman–Crippen MR) is 75.2 cm³/mol. The van der Waals surface area contributed by atoms with Crippen LogP contribution < -0.4 is 10.0 Å². The van der Waals surface area contributed by atoms with Crippen molar-refractivity contribution in [1.82, 2.24) is 10.0 Å². The number of carbonyl (C=O) groups is 2. The van der Waals surface area contributed by atoms with Gasteiger partial charge in [-0.25, -0.2) is 8.42 Å². The third-order valence-electron chi connectivity index (χ3n) is 3.26. The summed E-state index contributed by atoms with van der Waals surface area (Å²) < 4.78 is 28.9. The van der Waals surface area contributed by atoms with E-state index in [9.17, 15) is 18.0 Å². The SMILES string of the molecule is C[C@H]1C[C@H]1c1ccc(C(=O)NCCC(=O)NS(C)(=O)=O)o1. The molecule has 0 unspecified atom stereocenters. The lowest BCUT2D eigenvalue weighted by molar-refractivity contribution is -0.119. The maximum Gasteiger partial charge on any atom is 0.287 e. The van der Waals surface area contributed by atoms with E-state index < -0.39 is 21.8 Å². The van der Waals surface area contributed by atoms with Crippen LogP contribution in [0.4, 0.5) is 0 Å². The molecule has 0 saturated heterocycles. The smallest absolute Gasteiger partial charge is 0.287 e. The molecule has 7 nitrogen and oxygen atoms in total. The van der Waals surface area contributed by atoms with E-state index in [1.54, 1.807) is 12.1 Å². The molecule has 1 heterocycles. The number of furan rings is 1. The van der Waals surface area contributed by atoms with Crippen molar-refractivity contribution in [2.45, 2.75) is 25.7 Å². The topological polar surface area (TPSA) is 105 Å². The fraction of sp³-hybridized carbons (Fsp3) is 0.538. The quantitative estimate of drug-likeness (QED) is 0.800. The number of carbonyl (C=O) groups excluding carboxylic acids is 2. The number of sulfonamides is 1. The molecule has 1 aliphatic rings. The van der Waals surface area contributed by atoms with Crippen molar-refractivity contribution in [3.63, 3.8) is 0 Å². The molecule has 1 fully saturated rings. The first-order chi connectivity index (χ1) is 9.76. The molecule has 2 atom stereocenters. The van der Waals surface area contributed by atoms with E-state index in [4.69, 9.17) is 4.42 Å². The Morgan fingerprint density at radius 1 is 1.38 bits per heavy atom. The molecule has 0 aliphatic heterocycles. The molecule has 8 heteroatoms. The van der Waals surface area contributed by atoms with Gasteiger partial charge in [0.2, 0.25) is 15.9 Å². The largest absolute Gasteiger partial charge is 0.456 e. The Labute approximate surface area is 123 Å². The Morgan fingerprint density at radius 3 is 2.62 bits per heavy atom. The van der Waals surface area contributed by atoms with Gasteiger partial charge in [-0.3, -0.25) is 14.3 Å². The summed E-state index contributed by atoms with van der Waals surface area (Å²) in [5, 5.41) is 2.51. The molecule has 0 spiro atoms. The zero-order chi connectivity index (χ0) is 15.6. The molecule has 0 radical (unpaired) electrons.